The molecule has 1 aromatic heterocycles. The highest BCUT2D eigenvalue weighted by Gasteiger charge is 2.11. The van der Waals surface area contributed by atoms with E-state index in [9.17, 15) is 9.18 Å². The van der Waals surface area contributed by atoms with E-state index in [0.29, 0.717) is 24.4 Å². The summed E-state index contributed by atoms with van der Waals surface area (Å²) >= 11 is 0. The molecule has 2 amide bonds. The summed E-state index contributed by atoms with van der Waals surface area (Å²) in [5.41, 5.74) is 1.35. The minimum atomic E-state index is -0.438. The number of hydrogen-bond donors (Lipinski definition) is 1. The number of benzene rings is 1. The van der Waals surface area contributed by atoms with Gasteiger partial charge in [-0.05, 0) is 24.6 Å². The molecule has 1 heterocycles. The Morgan fingerprint density at radius 2 is 2.26 bits per heavy atom. The molecule has 0 bridgehead atoms. The van der Waals surface area contributed by atoms with E-state index in [1.807, 2.05) is 0 Å². The lowest BCUT2D eigenvalue weighted by atomic mass is 10.2. The van der Waals surface area contributed by atoms with Crippen LogP contribution in [0.1, 0.15) is 18.2 Å². The van der Waals surface area contributed by atoms with E-state index in [0.717, 1.165) is 0 Å². The first kappa shape index (κ1) is 16.7. The summed E-state index contributed by atoms with van der Waals surface area (Å²) in [6.07, 6.45) is 1.74. The van der Waals surface area contributed by atoms with Gasteiger partial charge in [0.1, 0.15) is 5.69 Å². The zero-order valence-electron chi connectivity index (χ0n) is 13.4. The van der Waals surface area contributed by atoms with Gasteiger partial charge in [0.25, 0.3) is 0 Å². The largest absolute Gasteiger partial charge is 0.491 e. The molecule has 0 spiro atoms. The summed E-state index contributed by atoms with van der Waals surface area (Å²) < 4.78 is 20.5. The zero-order valence-corrected chi connectivity index (χ0v) is 13.4. The standard InChI is InChI=1S/C15H20FN5O2/c1-4-23-14-6-5-11(7-13(14)16)8-17-15(22)20(2)9-12-10-21(3)19-18-12/h5-7,10H,4,8-9H2,1-3H3,(H,17,22). The number of aromatic nitrogens is 3. The predicted octanol–water partition coefficient (Wildman–Crippen LogP) is 1.69. The lowest BCUT2D eigenvalue weighted by molar-refractivity contribution is 0.206. The van der Waals surface area contributed by atoms with Gasteiger partial charge < -0.3 is 15.0 Å². The minimum Gasteiger partial charge on any atom is -0.491 e. The number of rotatable bonds is 6. The number of urea groups is 1. The smallest absolute Gasteiger partial charge is 0.317 e. The normalized spacial score (nSPS) is 10.4. The molecule has 23 heavy (non-hydrogen) atoms. The number of carbonyl (C=O) groups is 1. The molecular formula is C15H20FN5O2. The van der Waals surface area contributed by atoms with Gasteiger partial charge in [0, 0.05) is 26.8 Å². The van der Waals surface area contributed by atoms with Gasteiger partial charge >= 0.3 is 6.03 Å². The highest BCUT2D eigenvalue weighted by atomic mass is 19.1. The maximum Gasteiger partial charge on any atom is 0.317 e. The maximum atomic E-state index is 13.7. The SMILES string of the molecule is CCOc1ccc(CNC(=O)N(C)Cc2cn(C)nn2)cc1F. The lowest BCUT2D eigenvalue weighted by Crippen LogP contribution is -2.36. The number of nitrogens with zero attached hydrogens (tertiary/aromatic N) is 4. The quantitative estimate of drug-likeness (QED) is 0.879. The lowest BCUT2D eigenvalue weighted by Gasteiger charge is -2.16. The maximum absolute atomic E-state index is 13.7. The van der Waals surface area contributed by atoms with Crippen molar-refractivity contribution in [2.45, 2.75) is 20.0 Å². The van der Waals surface area contributed by atoms with Crippen LogP contribution in [0.25, 0.3) is 0 Å². The van der Waals surface area contributed by atoms with Gasteiger partial charge in [-0.2, -0.15) is 0 Å². The van der Waals surface area contributed by atoms with E-state index in [1.165, 1.54) is 11.0 Å². The van der Waals surface area contributed by atoms with Crippen molar-refractivity contribution in [3.05, 3.63) is 41.5 Å². The minimum absolute atomic E-state index is 0.211. The van der Waals surface area contributed by atoms with Crippen molar-refractivity contribution in [2.75, 3.05) is 13.7 Å². The van der Waals surface area contributed by atoms with E-state index in [1.54, 1.807) is 44.0 Å². The molecule has 0 aliphatic rings. The molecule has 0 unspecified atom stereocenters. The molecule has 0 fully saturated rings. The Kier molecular flexibility index (Phi) is 5.51. The van der Waals surface area contributed by atoms with E-state index < -0.39 is 5.82 Å². The number of halogens is 1. The summed E-state index contributed by atoms with van der Waals surface area (Å²) in [5.74, 6) is -0.228. The second-order valence-corrected chi connectivity index (χ2v) is 5.10. The first-order chi connectivity index (χ1) is 11.0. The van der Waals surface area contributed by atoms with E-state index in [4.69, 9.17) is 4.74 Å². The van der Waals surface area contributed by atoms with Gasteiger partial charge in [-0.15, -0.1) is 5.10 Å². The van der Waals surface area contributed by atoms with Crippen molar-refractivity contribution in [1.82, 2.24) is 25.2 Å². The molecule has 0 radical (unpaired) electrons. The van der Waals surface area contributed by atoms with Crippen LogP contribution in [-0.4, -0.2) is 39.6 Å². The fourth-order valence-corrected chi connectivity index (χ4v) is 2.02. The van der Waals surface area contributed by atoms with Crippen LogP contribution in [0.15, 0.2) is 24.4 Å². The monoisotopic (exact) mass is 321 g/mol. The molecule has 2 aromatic rings. The van der Waals surface area contributed by atoms with E-state index in [2.05, 4.69) is 15.6 Å². The van der Waals surface area contributed by atoms with E-state index >= 15 is 0 Å². The molecule has 0 atom stereocenters. The number of amides is 2. The van der Waals surface area contributed by atoms with Crippen molar-refractivity contribution in [3.8, 4) is 5.75 Å². The Morgan fingerprint density at radius 1 is 1.48 bits per heavy atom. The van der Waals surface area contributed by atoms with Gasteiger partial charge in [-0.3, -0.25) is 4.68 Å². The first-order valence-electron chi connectivity index (χ1n) is 7.25. The van der Waals surface area contributed by atoms with Crippen LogP contribution in [0.3, 0.4) is 0 Å². The number of ether oxygens (including phenoxy) is 1. The summed E-state index contributed by atoms with van der Waals surface area (Å²) in [6, 6.07) is 4.36. The van der Waals surface area contributed by atoms with Crippen molar-refractivity contribution < 1.29 is 13.9 Å². The molecule has 1 aromatic carbocycles. The number of nitrogens with one attached hydrogen (secondary N) is 1. The Labute approximate surface area is 134 Å². The van der Waals surface area contributed by atoms with Crippen molar-refractivity contribution in [1.29, 1.82) is 0 Å². The molecule has 8 heteroatoms. The van der Waals surface area contributed by atoms with Gasteiger partial charge in [0.15, 0.2) is 11.6 Å². The average molecular weight is 321 g/mol. The Morgan fingerprint density at radius 3 is 2.87 bits per heavy atom. The molecule has 0 saturated carbocycles. The topological polar surface area (TPSA) is 72.3 Å². The molecule has 7 nitrogen and oxygen atoms in total. The fourth-order valence-electron chi connectivity index (χ4n) is 2.02. The predicted molar refractivity (Wildman–Crippen MR) is 82.3 cm³/mol. The molecule has 1 N–H and O–H groups in total. The Hall–Kier alpha value is -2.64. The summed E-state index contributed by atoms with van der Waals surface area (Å²) in [6.45, 7) is 2.77. The Bertz CT molecular complexity index is 674. The third-order valence-electron chi connectivity index (χ3n) is 3.14. The van der Waals surface area contributed by atoms with Crippen LogP contribution in [0, 0.1) is 5.82 Å². The summed E-state index contributed by atoms with van der Waals surface area (Å²) in [5, 5.41) is 10.5. The molecule has 0 aliphatic carbocycles. The highest BCUT2D eigenvalue weighted by molar-refractivity contribution is 5.73. The molecule has 2 rings (SSSR count). The summed E-state index contributed by atoms with van der Waals surface area (Å²) in [4.78, 5) is 13.5. The fraction of sp³-hybridized carbons (Fsp3) is 0.400. The van der Waals surface area contributed by atoms with Gasteiger partial charge in [-0.1, -0.05) is 11.3 Å². The van der Waals surface area contributed by atoms with Crippen molar-refractivity contribution >= 4 is 6.03 Å². The Balaban J connectivity index is 1.87. The second-order valence-electron chi connectivity index (χ2n) is 5.10. The number of carbonyl (C=O) groups excluding carboxylic acids is 1. The van der Waals surface area contributed by atoms with Crippen molar-refractivity contribution in [3.63, 3.8) is 0 Å². The van der Waals surface area contributed by atoms with Crippen LogP contribution in [0.5, 0.6) is 5.75 Å². The van der Waals surface area contributed by atoms with Crippen LogP contribution in [0.2, 0.25) is 0 Å². The van der Waals surface area contributed by atoms with Crippen LogP contribution in [-0.2, 0) is 20.1 Å². The van der Waals surface area contributed by atoms with Crippen LogP contribution >= 0.6 is 0 Å². The molecular weight excluding hydrogens is 301 g/mol. The highest BCUT2D eigenvalue weighted by Crippen LogP contribution is 2.18. The first-order valence-corrected chi connectivity index (χ1v) is 7.25. The second kappa shape index (κ2) is 7.57. The number of hydrogen-bond acceptors (Lipinski definition) is 4. The molecule has 0 saturated heterocycles. The molecule has 0 aliphatic heterocycles. The third-order valence-corrected chi connectivity index (χ3v) is 3.14. The van der Waals surface area contributed by atoms with Crippen LogP contribution in [0.4, 0.5) is 9.18 Å². The van der Waals surface area contributed by atoms with Gasteiger partial charge in [0.05, 0.1) is 13.2 Å². The average Bonchev–Trinajstić information content (AvgIpc) is 2.92. The third kappa shape index (κ3) is 4.67. The zero-order chi connectivity index (χ0) is 16.8. The van der Waals surface area contributed by atoms with Crippen LogP contribution < -0.4 is 10.1 Å². The van der Waals surface area contributed by atoms with Crippen molar-refractivity contribution in [2.24, 2.45) is 7.05 Å². The molecule has 124 valence electrons. The van der Waals surface area contributed by atoms with E-state index in [-0.39, 0.29) is 18.3 Å². The number of aryl methyl sites for hydroxylation is 1. The van der Waals surface area contributed by atoms with Gasteiger partial charge in [0.2, 0.25) is 0 Å². The summed E-state index contributed by atoms with van der Waals surface area (Å²) in [7, 11) is 3.42. The van der Waals surface area contributed by atoms with Gasteiger partial charge in [-0.25, -0.2) is 9.18 Å².